The van der Waals surface area contributed by atoms with Crippen molar-refractivity contribution in [1.29, 1.82) is 0 Å². The average molecular weight is 168 g/mol. The van der Waals surface area contributed by atoms with Crippen LogP contribution in [0, 0.1) is 0 Å². The van der Waals surface area contributed by atoms with E-state index in [0.717, 1.165) is 14.1 Å². The van der Waals surface area contributed by atoms with Gasteiger partial charge in [-0.25, -0.2) is 0 Å². The molecule has 0 bridgehead atoms. The van der Waals surface area contributed by atoms with Crippen molar-refractivity contribution in [2.75, 3.05) is 0 Å². The fourth-order valence-electron chi connectivity index (χ4n) is 1.39. The third-order valence-corrected chi connectivity index (χ3v) is 3.38. The highest BCUT2D eigenvalue weighted by molar-refractivity contribution is 7.28. The van der Waals surface area contributed by atoms with E-state index in [1.54, 1.807) is 11.1 Å². The van der Waals surface area contributed by atoms with Crippen LogP contribution >= 0.6 is 8.19 Å². The molecule has 11 heavy (non-hydrogen) atoms. The van der Waals surface area contributed by atoms with Gasteiger partial charge in [-0.1, -0.05) is 20.8 Å². The van der Waals surface area contributed by atoms with E-state index in [2.05, 4.69) is 32.4 Å². The summed E-state index contributed by atoms with van der Waals surface area (Å²) in [5.41, 5.74) is 3.21. The van der Waals surface area contributed by atoms with E-state index in [4.69, 9.17) is 0 Å². The lowest BCUT2D eigenvalue weighted by Crippen LogP contribution is -1.92. The highest BCUT2D eigenvalue weighted by Crippen LogP contribution is 2.28. The first-order valence-electron chi connectivity index (χ1n) is 4.45. The quantitative estimate of drug-likeness (QED) is 0.644. The highest BCUT2D eigenvalue weighted by Gasteiger charge is 2.06. The van der Waals surface area contributed by atoms with Gasteiger partial charge in [0.25, 0.3) is 0 Å². The average Bonchev–Trinajstić information content (AvgIpc) is 2.50. The van der Waals surface area contributed by atoms with Gasteiger partial charge < -0.3 is 0 Å². The summed E-state index contributed by atoms with van der Waals surface area (Å²) >= 11 is 0. The molecule has 1 aromatic heterocycles. The maximum atomic E-state index is 2.41. The summed E-state index contributed by atoms with van der Waals surface area (Å²) in [7, 11) is 0.948. The molecule has 0 spiro atoms. The molecule has 62 valence electrons. The van der Waals surface area contributed by atoms with E-state index >= 15 is 0 Å². The van der Waals surface area contributed by atoms with Crippen molar-refractivity contribution < 1.29 is 0 Å². The van der Waals surface area contributed by atoms with Crippen LogP contribution in [-0.4, -0.2) is 0 Å². The molecule has 0 aromatic carbocycles. The lowest BCUT2D eigenvalue weighted by atomic mass is 9.97. The summed E-state index contributed by atoms with van der Waals surface area (Å²) in [6.45, 7) is 6.84. The van der Waals surface area contributed by atoms with Crippen LogP contribution in [0.1, 0.15) is 44.2 Å². The zero-order valence-corrected chi connectivity index (χ0v) is 8.65. The molecule has 0 saturated heterocycles. The molecule has 0 saturated carbocycles. The molecular weight excluding hydrogens is 151 g/mol. The first-order chi connectivity index (χ1) is 5.29. The topological polar surface area (TPSA) is 0 Å². The molecule has 0 aliphatic rings. The number of aryl methyl sites for hydroxylation is 1. The monoisotopic (exact) mass is 168 g/mol. The highest BCUT2D eigenvalue weighted by atomic mass is 31.0. The van der Waals surface area contributed by atoms with Gasteiger partial charge in [0.05, 0.1) is 0 Å². The molecule has 0 N–H and O–H groups in total. The third-order valence-electron chi connectivity index (χ3n) is 2.39. The predicted molar refractivity (Wildman–Crippen MR) is 54.0 cm³/mol. The van der Waals surface area contributed by atoms with Crippen molar-refractivity contribution >= 4 is 8.19 Å². The second-order valence-electron chi connectivity index (χ2n) is 3.10. The van der Waals surface area contributed by atoms with Crippen molar-refractivity contribution in [2.45, 2.75) is 39.5 Å². The van der Waals surface area contributed by atoms with Gasteiger partial charge in [0.1, 0.15) is 0 Å². The molecule has 0 aliphatic heterocycles. The van der Waals surface area contributed by atoms with Gasteiger partial charge in [-0.05, 0) is 41.5 Å². The van der Waals surface area contributed by atoms with Gasteiger partial charge >= 0.3 is 0 Å². The fourth-order valence-corrected chi connectivity index (χ4v) is 2.70. The van der Waals surface area contributed by atoms with Gasteiger partial charge in [-0.3, -0.25) is 0 Å². The van der Waals surface area contributed by atoms with Crippen LogP contribution in [0.15, 0.2) is 11.6 Å². The van der Waals surface area contributed by atoms with Crippen LogP contribution in [-0.2, 0) is 6.42 Å². The van der Waals surface area contributed by atoms with Crippen molar-refractivity contribution in [3.8, 4) is 0 Å². The fraction of sp³-hybridized carbons (Fsp3) is 0.600. The molecule has 0 amide bonds. The van der Waals surface area contributed by atoms with Crippen LogP contribution in [0.25, 0.3) is 0 Å². The Hall–Kier alpha value is -0.220. The van der Waals surface area contributed by atoms with Gasteiger partial charge in [0, 0.05) is 0 Å². The maximum absolute atomic E-state index is 2.41. The summed E-state index contributed by atoms with van der Waals surface area (Å²) < 4.78 is 0. The van der Waals surface area contributed by atoms with E-state index in [-0.39, 0.29) is 0 Å². The molecule has 1 heterocycles. The summed E-state index contributed by atoms with van der Waals surface area (Å²) in [6.07, 6.45) is 2.48. The second kappa shape index (κ2) is 3.97. The first kappa shape index (κ1) is 8.87. The van der Waals surface area contributed by atoms with Gasteiger partial charge in [0.2, 0.25) is 0 Å². The summed E-state index contributed by atoms with van der Waals surface area (Å²) in [5, 5.41) is 0. The Labute approximate surface area is 71.1 Å². The standard InChI is InChI=1S/C10H17P/c1-4-8(3)10-7-11-6-9(10)5-2/h6-8,11H,4-5H2,1-3H3. The number of hydrogen-bond donors (Lipinski definition) is 0. The summed E-state index contributed by atoms with van der Waals surface area (Å²) in [6, 6.07) is 0. The van der Waals surface area contributed by atoms with E-state index in [1.807, 2.05) is 0 Å². The molecule has 1 aromatic rings. The van der Waals surface area contributed by atoms with E-state index in [1.165, 1.54) is 12.8 Å². The lowest BCUT2D eigenvalue weighted by Gasteiger charge is -2.08. The van der Waals surface area contributed by atoms with E-state index in [0.29, 0.717) is 0 Å². The third kappa shape index (κ3) is 1.87. The molecular formula is C10H17P. The van der Waals surface area contributed by atoms with Crippen LogP contribution in [0.4, 0.5) is 0 Å². The van der Waals surface area contributed by atoms with Crippen molar-refractivity contribution in [2.24, 2.45) is 0 Å². The van der Waals surface area contributed by atoms with Gasteiger partial charge in [-0.2, -0.15) is 0 Å². The van der Waals surface area contributed by atoms with Gasteiger partial charge in [-0.15, -0.1) is 8.19 Å². The Morgan fingerprint density at radius 3 is 2.64 bits per heavy atom. The molecule has 1 heteroatoms. The minimum Gasteiger partial charge on any atom is -0.139 e. The predicted octanol–water partition coefficient (Wildman–Crippen LogP) is 3.79. The molecule has 1 rings (SSSR count). The van der Waals surface area contributed by atoms with E-state index in [9.17, 15) is 0 Å². The molecule has 0 fully saturated rings. The minimum absolute atomic E-state index is 0.774. The smallest absolute Gasteiger partial charge is 0.0187 e. The maximum Gasteiger partial charge on any atom is -0.0187 e. The van der Waals surface area contributed by atoms with Crippen LogP contribution in [0.2, 0.25) is 0 Å². The number of rotatable bonds is 3. The zero-order valence-electron chi connectivity index (χ0n) is 7.65. The molecule has 2 atom stereocenters. The lowest BCUT2D eigenvalue weighted by molar-refractivity contribution is 0.727. The zero-order chi connectivity index (χ0) is 8.27. The summed E-state index contributed by atoms with van der Waals surface area (Å²) in [4.78, 5) is 0. The van der Waals surface area contributed by atoms with Crippen LogP contribution in [0.5, 0.6) is 0 Å². The van der Waals surface area contributed by atoms with Crippen molar-refractivity contribution in [3.63, 3.8) is 0 Å². The minimum atomic E-state index is 0.774. The molecule has 0 aliphatic carbocycles. The van der Waals surface area contributed by atoms with Gasteiger partial charge in [0.15, 0.2) is 0 Å². The Morgan fingerprint density at radius 1 is 1.36 bits per heavy atom. The largest absolute Gasteiger partial charge is 0.139 e. The Morgan fingerprint density at radius 2 is 2.09 bits per heavy atom. The normalized spacial score (nSPS) is 14.1. The van der Waals surface area contributed by atoms with Crippen LogP contribution in [0.3, 0.4) is 0 Å². The first-order valence-corrected chi connectivity index (χ1v) is 5.60. The summed E-state index contributed by atoms with van der Waals surface area (Å²) in [5.74, 6) is 5.57. The molecule has 2 unspecified atom stereocenters. The Balaban J connectivity index is 2.83. The molecule has 0 radical (unpaired) electrons. The SMILES string of the molecule is CCc1c[pH]cc1C(C)CC. The Bertz CT molecular complexity index is 212. The Kier molecular flexibility index (Phi) is 3.20. The van der Waals surface area contributed by atoms with Crippen molar-refractivity contribution in [3.05, 3.63) is 22.7 Å². The number of hydrogen-bond acceptors (Lipinski definition) is 0. The second-order valence-corrected chi connectivity index (χ2v) is 4.01. The molecule has 0 nitrogen and oxygen atoms in total. The van der Waals surface area contributed by atoms with Crippen molar-refractivity contribution in [1.82, 2.24) is 0 Å². The van der Waals surface area contributed by atoms with E-state index < -0.39 is 0 Å². The van der Waals surface area contributed by atoms with Crippen LogP contribution < -0.4 is 0 Å².